The topological polar surface area (TPSA) is 49.8 Å². The minimum Gasteiger partial charge on any atom is -0.485 e. The second-order valence-electron chi connectivity index (χ2n) is 8.69. The van der Waals surface area contributed by atoms with Gasteiger partial charge in [0.2, 0.25) is 0 Å². The van der Waals surface area contributed by atoms with Crippen LogP contribution < -0.4 is 14.9 Å². The Balaban J connectivity index is 1.87. The van der Waals surface area contributed by atoms with E-state index >= 15 is 0 Å². The molecule has 1 aromatic rings. The van der Waals surface area contributed by atoms with Gasteiger partial charge in [0, 0.05) is 11.7 Å². The van der Waals surface area contributed by atoms with Gasteiger partial charge in [-0.3, -0.25) is 0 Å². The van der Waals surface area contributed by atoms with Gasteiger partial charge in [-0.25, -0.2) is 4.98 Å². The van der Waals surface area contributed by atoms with E-state index < -0.39 is 7.12 Å². The van der Waals surface area contributed by atoms with E-state index in [1.165, 1.54) is 0 Å². The quantitative estimate of drug-likeness (QED) is 0.793. The highest BCUT2D eigenvalue weighted by Crippen LogP contribution is 2.38. The fourth-order valence-electron chi connectivity index (χ4n) is 2.37. The molecule has 0 aromatic carbocycles. The summed E-state index contributed by atoms with van der Waals surface area (Å²) in [5.41, 5.74) is -0.239. The van der Waals surface area contributed by atoms with E-state index in [0.717, 1.165) is 18.3 Å². The van der Waals surface area contributed by atoms with E-state index in [0.29, 0.717) is 11.6 Å². The first kappa shape index (κ1) is 17.6. The van der Waals surface area contributed by atoms with E-state index in [1.54, 1.807) is 6.20 Å². The standard InChI is InChI=1S/C18H28BNO4/c1-16(2,3)22-15-14(21-13-8-9-13)10-12(11-20-15)19-23-17(4,5)18(6,7)24-19/h10-11,13H,8-9H2,1-7H3. The maximum absolute atomic E-state index is 6.11. The second kappa shape index (κ2) is 5.63. The Morgan fingerprint density at radius 1 is 1.12 bits per heavy atom. The Bertz CT molecular complexity index is 604. The number of nitrogens with zero attached hydrogens (tertiary/aromatic N) is 1. The molecule has 2 heterocycles. The van der Waals surface area contributed by atoms with Crippen LogP contribution in [0.25, 0.3) is 0 Å². The average Bonchev–Trinajstić information content (AvgIpc) is 3.18. The number of rotatable bonds is 4. The molecule has 0 spiro atoms. The molecule has 0 atom stereocenters. The van der Waals surface area contributed by atoms with E-state index in [2.05, 4.69) is 4.98 Å². The van der Waals surface area contributed by atoms with Crippen LogP contribution >= 0.6 is 0 Å². The molecule has 2 fully saturated rings. The highest BCUT2D eigenvalue weighted by atomic mass is 16.7. The molecule has 5 nitrogen and oxygen atoms in total. The smallest absolute Gasteiger partial charge is 0.485 e. The largest absolute Gasteiger partial charge is 0.496 e. The van der Waals surface area contributed by atoms with E-state index in [-0.39, 0.29) is 22.9 Å². The average molecular weight is 333 g/mol. The molecule has 0 bridgehead atoms. The van der Waals surface area contributed by atoms with Crippen molar-refractivity contribution in [2.45, 2.75) is 84.2 Å². The summed E-state index contributed by atoms with van der Waals surface area (Å²) in [6, 6.07) is 1.94. The van der Waals surface area contributed by atoms with Crippen molar-refractivity contribution in [3.63, 3.8) is 0 Å². The number of hydrogen-bond acceptors (Lipinski definition) is 5. The molecule has 3 rings (SSSR count). The number of pyridine rings is 1. The Morgan fingerprint density at radius 2 is 1.71 bits per heavy atom. The van der Waals surface area contributed by atoms with Crippen LogP contribution in [0.3, 0.4) is 0 Å². The summed E-state index contributed by atoms with van der Waals surface area (Å²) >= 11 is 0. The van der Waals surface area contributed by atoms with Crippen molar-refractivity contribution >= 4 is 12.6 Å². The number of aromatic nitrogens is 1. The van der Waals surface area contributed by atoms with Gasteiger partial charge in [0.1, 0.15) is 5.60 Å². The monoisotopic (exact) mass is 333 g/mol. The summed E-state index contributed by atoms with van der Waals surface area (Å²) in [6.45, 7) is 14.2. The minimum absolute atomic E-state index is 0.266. The molecule has 0 N–H and O–H groups in total. The minimum atomic E-state index is -0.451. The molecular formula is C18H28BNO4. The van der Waals surface area contributed by atoms with Gasteiger partial charge in [0.05, 0.1) is 17.3 Å². The van der Waals surface area contributed by atoms with Crippen molar-refractivity contribution in [3.8, 4) is 11.6 Å². The zero-order valence-electron chi connectivity index (χ0n) is 15.8. The summed E-state index contributed by atoms with van der Waals surface area (Å²) in [7, 11) is -0.451. The molecule has 1 aliphatic heterocycles. The zero-order chi connectivity index (χ0) is 17.8. The van der Waals surface area contributed by atoms with Gasteiger partial charge in [0.15, 0.2) is 5.75 Å². The summed E-state index contributed by atoms with van der Waals surface area (Å²) in [4.78, 5) is 4.48. The molecule has 0 amide bonds. The summed E-state index contributed by atoms with van der Waals surface area (Å²) < 4.78 is 24.2. The van der Waals surface area contributed by atoms with Crippen LogP contribution in [0.2, 0.25) is 0 Å². The van der Waals surface area contributed by atoms with Gasteiger partial charge < -0.3 is 18.8 Å². The third kappa shape index (κ3) is 3.70. The Hall–Kier alpha value is -1.27. The molecule has 0 radical (unpaired) electrons. The van der Waals surface area contributed by atoms with Crippen molar-refractivity contribution in [1.29, 1.82) is 0 Å². The number of ether oxygens (including phenoxy) is 2. The van der Waals surface area contributed by atoms with Crippen LogP contribution in [0, 0.1) is 0 Å². The highest BCUT2D eigenvalue weighted by molar-refractivity contribution is 6.62. The van der Waals surface area contributed by atoms with Gasteiger partial charge >= 0.3 is 7.12 Å². The van der Waals surface area contributed by atoms with Crippen LogP contribution in [0.1, 0.15) is 61.3 Å². The van der Waals surface area contributed by atoms with E-state index in [1.807, 2.05) is 54.5 Å². The van der Waals surface area contributed by atoms with Crippen LogP contribution in [0.5, 0.6) is 11.6 Å². The molecule has 1 aliphatic carbocycles. The first-order valence-corrected chi connectivity index (χ1v) is 8.68. The molecule has 6 heteroatoms. The van der Waals surface area contributed by atoms with Gasteiger partial charge in [-0.1, -0.05) is 0 Å². The first-order chi connectivity index (χ1) is 11.0. The van der Waals surface area contributed by atoms with Crippen molar-refractivity contribution in [1.82, 2.24) is 4.98 Å². The van der Waals surface area contributed by atoms with Gasteiger partial charge in [-0.15, -0.1) is 0 Å². The normalized spacial score (nSPS) is 22.5. The SMILES string of the molecule is CC(C)(C)Oc1ncc(B2OC(C)(C)C(C)(C)O2)cc1OC1CC1. The fraction of sp³-hybridized carbons (Fsp3) is 0.722. The van der Waals surface area contributed by atoms with Crippen LogP contribution in [0.4, 0.5) is 0 Å². The lowest BCUT2D eigenvalue weighted by Crippen LogP contribution is -2.41. The van der Waals surface area contributed by atoms with Crippen molar-refractivity contribution < 1.29 is 18.8 Å². The van der Waals surface area contributed by atoms with Crippen molar-refractivity contribution in [2.75, 3.05) is 0 Å². The van der Waals surface area contributed by atoms with Crippen LogP contribution in [-0.4, -0.2) is 35.0 Å². The predicted octanol–water partition coefficient (Wildman–Crippen LogP) is 3.10. The van der Waals surface area contributed by atoms with Gasteiger partial charge in [-0.2, -0.15) is 0 Å². The fourth-order valence-corrected chi connectivity index (χ4v) is 2.37. The lowest BCUT2D eigenvalue weighted by Gasteiger charge is -2.32. The summed E-state index contributed by atoms with van der Waals surface area (Å²) in [6.07, 6.45) is 4.18. The molecule has 132 valence electrons. The summed E-state index contributed by atoms with van der Waals surface area (Å²) in [5, 5.41) is 0. The molecular weight excluding hydrogens is 305 g/mol. The lowest BCUT2D eigenvalue weighted by atomic mass is 9.80. The Morgan fingerprint density at radius 3 is 2.21 bits per heavy atom. The summed E-state index contributed by atoms with van der Waals surface area (Å²) in [5.74, 6) is 1.19. The van der Waals surface area contributed by atoms with Crippen molar-refractivity contribution in [2.24, 2.45) is 0 Å². The van der Waals surface area contributed by atoms with Gasteiger partial charge in [-0.05, 0) is 67.4 Å². The third-order valence-corrected chi connectivity index (χ3v) is 4.59. The molecule has 2 aliphatic rings. The zero-order valence-corrected chi connectivity index (χ0v) is 15.8. The van der Waals surface area contributed by atoms with Crippen LogP contribution in [0.15, 0.2) is 12.3 Å². The van der Waals surface area contributed by atoms with E-state index in [4.69, 9.17) is 18.8 Å². The third-order valence-electron chi connectivity index (χ3n) is 4.59. The highest BCUT2D eigenvalue weighted by Gasteiger charge is 2.52. The van der Waals surface area contributed by atoms with Crippen molar-refractivity contribution in [3.05, 3.63) is 12.3 Å². The Labute approximate surface area is 145 Å². The molecule has 0 unspecified atom stereocenters. The number of hydrogen-bond donors (Lipinski definition) is 0. The molecule has 1 saturated carbocycles. The van der Waals surface area contributed by atoms with E-state index in [9.17, 15) is 0 Å². The van der Waals surface area contributed by atoms with Gasteiger partial charge in [0.25, 0.3) is 5.88 Å². The first-order valence-electron chi connectivity index (χ1n) is 8.68. The second-order valence-corrected chi connectivity index (χ2v) is 8.69. The maximum Gasteiger partial charge on any atom is 0.496 e. The van der Waals surface area contributed by atoms with Crippen LogP contribution in [-0.2, 0) is 9.31 Å². The molecule has 1 saturated heterocycles. The lowest BCUT2D eigenvalue weighted by molar-refractivity contribution is 0.00578. The predicted molar refractivity (Wildman–Crippen MR) is 94.0 cm³/mol. The maximum atomic E-state index is 6.11. The Kier molecular flexibility index (Phi) is 4.12. The molecule has 1 aromatic heterocycles. The molecule has 24 heavy (non-hydrogen) atoms.